The third-order valence-electron chi connectivity index (χ3n) is 5.69. The van der Waals surface area contributed by atoms with Crippen LogP contribution in [0.2, 0.25) is 0 Å². The number of likely N-dealkylation sites (N-methyl/N-ethyl adjacent to an activating group) is 1. The first-order valence-corrected chi connectivity index (χ1v) is 10.3. The van der Waals surface area contributed by atoms with E-state index in [1.165, 1.54) is 5.56 Å². The Hall–Kier alpha value is -3.16. The molecule has 4 aromatic rings. The van der Waals surface area contributed by atoms with Crippen LogP contribution in [0.3, 0.4) is 0 Å². The summed E-state index contributed by atoms with van der Waals surface area (Å²) in [5, 5.41) is 8.04. The molecule has 3 aromatic heterocycles. The number of H-pyrrole nitrogens is 1. The molecule has 0 radical (unpaired) electrons. The van der Waals surface area contributed by atoms with Crippen LogP contribution in [-0.2, 0) is 6.42 Å². The van der Waals surface area contributed by atoms with Gasteiger partial charge in [0.1, 0.15) is 11.3 Å². The van der Waals surface area contributed by atoms with Gasteiger partial charge in [0.2, 0.25) is 5.88 Å². The number of hydrogen-bond acceptors (Lipinski definition) is 6. The van der Waals surface area contributed by atoms with Crippen LogP contribution in [0.4, 0.5) is 0 Å². The number of fused-ring (bicyclic) bond motifs is 1. The molecule has 0 unspecified atom stereocenters. The lowest BCUT2D eigenvalue weighted by molar-refractivity contribution is 0.155. The van der Waals surface area contributed by atoms with Gasteiger partial charge in [0.25, 0.3) is 0 Å². The summed E-state index contributed by atoms with van der Waals surface area (Å²) in [4.78, 5) is 9.29. The molecule has 1 fully saturated rings. The second-order valence-electron chi connectivity index (χ2n) is 7.77. The lowest BCUT2D eigenvalue weighted by Crippen LogP contribution is -2.45. The van der Waals surface area contributed by atoms with E-state index in [1.54, 1.807) is 12.4 Å². The Labute approximate surface area is 175 Å². The molecular formula is C23H25N5O2. The topological polar surface area (TPSA) is 70.4 Å². The molecular weight excluding hydrogens is 378 g/mol. The number of aromatic nitrogens is 3. The fourth-order valence-corrected chi connectivity index (χ4v) is 3.81. The first-order valence-electron chi connectivity index (χ1n) is 10.3. The van der Waals surface area contributed by atoms with Gasteiger partial charge < -0.3 is 19.0 Å². The molecule has 5 rings (SSSR count). The minimum absolute atomic E-state index is 0.541. The van der Waals surface area contributed by atoms with Gasteiger partial charge in [-0.25, -0.2) is 4.98 Å². The van der Waals surface area contributed by atoms with Crippen LogP contribution in [0.1, 0.15) is 5.56 Å². The van der Waals surface area contributed by atoms with E-state index >= 15 is 0 Å². The fourth-order valence-electron chi connectivity index (χ4n) is 3.81. The summed E-state index contributed by atoms with van der Waals surface area (Å²) in [6.07, 6.45) is 6.36. The molecule has 30 heavy (non-hydrogen) atoms. The molecule has 1 aliphatic rings. The molecule has 154 valence electrons. The van der Waals surface area contributed by atoms with E-state index in [9.17, 15) is 0 Å². The molecule has 1 aromatic carbocycles. The normalized spacial score (nSPS) is 15.6. The number of pyridine rings is 1. The molecule has 0 amide bonds. The second kappa shape index (κ2) is 8.30. The highest BCUT2D eigenvalue weighted by Gasteiger charge is 2.15. The third-order valence-corrected chi connectivity index (χ3v) is 5.69. The van der Waals surface area contributed by atoms with Crippen molar-refractivity contribution < 1.29 is 9.15 Å². The number of benzene rings is 1. The number of ether oxygens (including phenoxy) is 1. The Morgan fingerprint density at radius 2 is 2.00 bits per heavy atom. The maximum atomic E-state index is 5.92. The number of nitrogens with zero attached hydrogens (tertiary/aromatic N) is 4. The van der Waals surface area contributed by atoms with Crippen molar-refractivity contribution in [3.63, 3.8) is 0 Å². The largest absolute Gasteiger partial charge is 0.464 e. The predicted octanol–water partition coefficient (Wildman–Crippen LogP) is 3.80. The first-order chi connectivity index (χ1) is 14.7. The van der Waals surface area contributed by atoms with Crippen molar-refractivity contribution in [2.24, 2.45) is 0 Å². The molecule has 1 N–H and O–H groups in total. The molecule has 1 aliphatic heterocycles. The van der Waals surface area contributed by atoms with Gasteiger partial charge in [-0.2, -0.15) is 5.10 Å². The van der Waals surface area contributed by atoms with E-state index in [0.29, 0.717) is 11.6 Å². The van der Waals surface area contributed by atoms with Crippen molar-refractivity contribution >= 4 is 11.0 Å². The smallest absolute Gasteiger partial charge is 0.219 e. The number of nitrogens with one attached hydrogen (secondary N) is 1. The molecule has 7 nitrogen and oxygen atoms in total. The molecule has 0 spiro atoms. The van der Waals surface area contributed by atoms with Crippen molar-refractivity contribution in [2.75, 3.05) is 39.8 Å². The highest BCUT2D eigenvalue weighted by Crippen LogP contribution is 2.29. The molecule has 0 saturated carbocycles. The van der Waals surface area contributed by atoms with E-state index in [4.69, 9.17) is 9.15 Å². The Kier molecular flexibility index (Phi) is 5.21. The predicted molar refractivity (Wildman–Crippen MR) is 116 cm³/mol. The lowest BCUT2D eigenvalue weighted by Gasteiger charge is -2.32. The summed E-state index contributed by atoms with van der Waals surface area (Å²) < 4.78 is 11.7. The highest BCUT2D eigenvalue weighted by atomic mass is 16.5. The van der Waals surface area contributed by atoms with Gasteiger partial charge in [-0.15, -0.1) is 0 Å². The maximum absolute atomic E-state index is 5.92. The zero-order valence-electron chi connectivity index (χ0n) is 17.0. The van der Waals surface area contributed by atoms with Gasteiger partial charge >= 0.3 is 0 Å². The number of piperazine rings is 1. The summed E-state index contributed by atoms with van der Waals surface area (Å²) in [6.45, 7) is 5.62. The molecule has 1 saturated heterocycles. The monoisotopic (exact) mass is 403 g/mol. The van der Waals surface area contributed by atoms with Crippen LogP contribution in [0.5, 0.6) is 11.6 Å². The average Bonchev–Trinajstić information content (AvgIpc) is 3.44. The Morgan fingerprint density at radius 1 is 1.10 bits per heavy atom. The quantitative estimate of drug-likeness (QED) is 0.528. The van der Waals surface area contributed by atoms with E-state index < -0.39 is 0 Å². The summed E-state index contributed by atoms with van der Waals surface area (Å²) >= 11 is 0. The standard InChI is InChI=1S/C23H25N5O2/c1-27-10-12-28(13-11-27)9-7-18-16-29-22-14-19(3-4-20(18)22)30-23-5-2-17(15-24-23)21-6-8-25-26-21/h2-6,8,14-16H,7,9-13H2,1H3,(H,25,26). The molecule has 0 aliphatic carbocycles. The van der Waals surface area contributed by atoms with Gasteiger partial charge in [0.05, 0.1) is 12.0 Å². The number of furan rings is 1. The SMILES string of the molecule is CN1CCN(CCc2coc3cc(Oc4ccc(-c5ccn[nH]5)cn4)ccc23)CC1. The zero-order valence-corrected chi connectivity index (χ0v) is 17.0. The van der Waals surface area contributed by atoms with E-state index in [1.807, 2.05) is 36.6 Å². The molecule has 0 atom stereocenters. The van der Waals surface area contributed by atoms with Crippen LogP contribution in [0, 0.1) is 0 Å². The van der Waals surface area contributed by atoms with Gasteiger partial charge in [0.15, 0.2) is 0 Å². The Morgan fingerprint density at radius 3 is 2.77 bits per heavy atom. The van der Waals surface area contributed by atoms with Crippen LogP contribution in [-0.4, -0.2) is 64.8 Å². The van der Waals surface area contributed by atoms with Gasteiger partial charge in [0, 0.05) is 68.2 Å². The lowest BCUT2D eigenvalue weighted by atomic mass is 10.1. The van der Waals surface area contributed by atoms with Crippen LogP contribution in [0.15, 0.2) is 59.5 Å². The Balaban J connectivity index is 1.24. The third kappa shape index (κ3) is 4.08. The van der Waals surface area contributed by atoms with E-state index in [0.717, 1.165) is 61.4 Å². The summed E-state index contributed by atoms with van der Waals surface area (Å²) in [7, 11) is 2.18. The second-order valence-corrected chi connectivity index (χ2v) is 7.77. The highest BCUT2D eigenvalue weighted by molar-refractivity contribution is 5.82. The van der Waals surface area contributed by atoms with E-state index in [2.05, 4.69) is 38.1 Å². The molecule has 7 heteroatoms. The minimum Gasteiger partial charge on any atom is -0.464 e. The number of hydrogen-bond donors (Lipinski definition) is 1. The van der Waals surface area contributed by atoms with E-state index in [-0.39, 0.29) is 0 Å². The van der Waals surface area contributed by atoms with Crippen LogP contribution < -0.4 is 4.74 Å². The summed E-state index contributed by atoms with van der Waals surface area (Å²) in [6, 6.07) is 11.7. The maximum Gasteiger partial charge on any atom is 0.219 e. The van der Waals surface area contributed by atoms with Crippen molar-refractivity contribution in [2.45, 2.75) is 6.42 Å². The Bertz CT molecular complexity index is 1100. The van der Waals surface area contributed by atoms with Crippen molar-refractivity contribution in [3.8, 4) is 22.9 Å². The van der Waals surface area contributed by atoms with Crippen LogP contribution >= 0.6 is 0 Å². The summed E-state index contributed by atoms with van der Waals surface area (Å²) in [5.74, 6) is 1.25. The van der Waals surface area contributed by atoms with Gasteiger partial charge in [-0.3, -0.25) is 5.10 Å². The van der Waals surface area contributed by atoms with Crippen molar-refractivity contribution in [1.82, 2.24) is 25.0 Å². The van der Waals surface area contributed by atoms with Crippen LogP contribution in [0.25, 0.3) is 22.2 Å². The average molecular weight is 403 g/mol. The van der Waals surface area contributed by atoms with Crippen molar-refractivity contribution in [1.29, 1.82) is 0 Å². The molecule has 0 bridgehead atoms. The van der Waals surface area contributed by atoms with Crippen molar-refractivity contribution in [3.05, 3.63) is 60.6 Å². The number of rotatable bonds is 6. The molecule has 4 heterocycles. The fraction of sp³-hybridized carbons (Fsp3) is 0.304. The van der Waals surface area contributed by atoms with Gasteiger partial charge in [-0.1, -0.05) is 0 Å². The first kappa shape index (κ1) is 18.8. The van der Waals surface area contributed by atoms with Gasteiger partial charge in [-0.05, 0) is 43.3 Å². The minimum atomic E-state index is 0.541. The zero-order chi connectivity index (χ0) is 20.3. The number of aromatic amines is 1. The summed E-state index contributed by atoms with van der Waals surface area (Å²) in [5.41, 5.74) is 3.98.